The van der Waals surface area contributed by atoms with Crippen LogP contribution in [0.2, 0.25) is 0 Å². The topological polar surface area (TPSA) is 38.3 Å². The van der Waals surface area contributed by atoms with E-state index in [1.54, 1.807) is 11.3 Å². The predicted octanol–water partition coefficient (Wildman–Crippen LogP) is 6.69. The van der Waals surface area contributed by atoms with Gasteiger partial charge >= 0.3 is 0 Å². The highest BCUT2D eigenvalue weighted by Gasteiger charge is 2.36. The summed E-state index contributed by atoms with van der Waals surface area (Å²) in [6.45, 7) is 9.31. The first-order chi connectivity index (χ1) is 12.7. The maximum absolute atomic E-state index is 12.4. The van der Waals surface area contributed by atoms with Gasteiger partial charge in [0.1, 0.15) is 0 Å². The van der Waals surface area contributed by atoms with E-state index in [1.807, 2.05) is 19.2 Å². The number of hydrogen-bond acceptors (Lipinski definition) is 4. The van der Waals surface area contributed by atoms with Crippen molar-refractivity contribution < 1.29 is 9.53 Å². The molecule has 2 aliphatic rings. The summed E-state index contributed by atoms with van der Waals surface area (Å²) in [6.07, 6.45) is 10.1. The van der Waals surface area contributed by atoms with Gasteiger partial charge in [-0.25, -0.2) is 0 Å². The molecule has 148 valence electrons. The first-order valence-corrected chi connectivity index (χ1v) is 11.6. The molecule has 1 N–H and O–H groups in total. The number of rotatable bonds is 9. The molecule has 0 saturated heterocycles. The minimum atomic E-state index is 0.101. The second-order valence-electron chi connectivity index (χ2n) is 7.50. The van der Waals surface area contributed by atoms with Crippen molar-refractivity contribution in [3.05, 3.63) is 16.3 Å². The van der Waals surface area contributed by atoms with Gasteiger partial charge in [0.25, 0.3) is 0 Å². The second kappa shape index (κ2) is 10.5. The van der Waals surface area contributed by atoms with Crippen molar-refractivity contribution in [3.8, 4) is 0 Å². The Balaban J connectivity index is 0.00000117. The zero-order valence-electron chi connectivity index (χ0n) is 17.1. The van der Waals surface area contributed by atoms with Crippen molar-refractivity contribution in [1.29, 1.82) is 0 Å². The number of hydrogen-bond donors (Lipinski definition) is 1. The fourth-order valence-corrected chi connectivity index (χ4v) is 4.77. The third-order valence-electron chi connectivity index (χ3n) is 5.41. The summed E-state index contributed by atoms with van der Waals surface area (Å²) in [5.74, 6) is 0.658. The van der Waals surface area contributed by atoms with E-state index in [4.69, 9.17) is 4.74 Å². The molecule has 0 aromatic carbocycles. The second-order valence-corrected chi connectivity index (χ2v) is 8.42. The van der Waals surface area contributed by atoms with Crippen LogP contribution in [0.5, 0.6) is 0 Å². The van der Waals surface area contributed by atoms with Crippen molar-refractivity contribution >= 4 is 22.8 Å². The Morgan fingerprint density at radius 2 is 1.88 bits per heavy atom. The molecule has 0 aliphatic heterocycles. The average molecular weight is 380 g/mol. The summed E-state index contributed by atoms with van der Waals surface area (Å²) in [7, 11) is 0. The Kier molecular flexibility index (Phi) is 8.62. The van der Waals surface area contributed by atoms with Gasteiger partial charge in [-0.3, -0.25) is 4.79 Å². The Labute approximate surface area is 163 Å². The van der Waals surface area contributed by atoms with Crippen LogP contribution >= 0.6 is 11.3 Å². The minimum Gasteiger partial charge on any atom is -0.381 e. The maximum Gasteiger partial charge on any atom is 0.177 e. The van der Waals surface area contributed by atoms with Crippen LogP contribution in [0.25, 0.3) is 0 Å². The Bertz CT molecular complexity index is 542. The van der Waals surface area contributed by atoms with Crippen molar-refractivity contribution in [1.82, 2.24) is 0 Å². The van der Waals surface area contributed by atoms with Crippen molar-refractivity contribution in [2.45, 2.75) is 97.1 Å². The van der Waals surface area contributed by atoms with Crippen LogP contribution in [0.15, 0.2) is 11.4 Å². The van der Waals surface area contributed by atoms with Crippen LogP contribution in [-0.2, 0) is 4.74 Å². The monoisotopic (exact) mass is 379 g/mol. The summed E-state index contributed by atoms with van der Waals surface area (Å²) in [5, 5.41) is 5.71. The SMILES string of the molecule is CC.CCCOC1(CCC)CCC(Nc2ccsc2C(=O)C2CC2)CC1. The zero-order valence-corrected chi connectivity index (χ0v) is 17.9. The molecule has 3 rings (SSSR count). The fraction of sp³-hybridized carbons (Fsp3) is 0.773. The van der Waals surface area contributed by atoms with E-state index < -0.39 is 0 Å². The molecule has 2 fully saturated rings. The number of ketones is 1. The van der Waals surface area contributed by atoms with Crippen LogP contribution in [0.4, 0.5) is 5.69 Å². The summed E-state index contributed by atoms with van der Waals surface area (Å²) >= 11 is 1.60. The number of ether oxygens (including phenoxy) is 1. The molecule has 4 heteroatoms. The normalized spacial score (nSPS) is 25.3. The van der Waals surface area contributed by atoms with Crippen molar-refractivity contribution in [2.24, 2.45) is 5.92 Å². The number of anilines is 1. The van der Waals surface area contributed by atoms with Gasteiger partial charge in [-0.05, 0) is 62.8 Å². The van der Waals surface area contributed by atoms with Crippen molar-refractivity contribution in [3.63, 3.8) is 0 Å². The highest BCUT2D eigenvalue weighted by atomic mass is 32.1. The number of thiophene rings is 1. The van der Waals surface area contributed by atoms with Gasteiger partial charge in [0.15, 0.2) is 5.78 Å². The summed E-state index contributed by atoms with van der Waals surface area (Å²) in [5.41, 5.74) is 1.17. The minimum absolute atomic E-state index is 0.101. The molecular weight excluding hydrogens is 342 g/mol. The molecule has 1 aromatic rings. The van der Waals surface area contributed by atoms with Crippen LogP contribution in [0, 0.1) is 5.92 Å². The Morgan fingerprint density at radius 1 is 1.19 bits per heavy atom. The highest BCUT2D eigenvalue weighted by molar-refractivity contribution is 7.12. The molecule has 0 atom stereocenters. The Morgan fingerprint density at radius 3 is 2.46 bits per heavy atom. The standard InChI is InChI=1S/C20H31NO2S.C2H6/c1-3-10-20(23-13-4-2)11-7-16(8-12-20)21-17-9-14-24-19(17)18(22)15-5-6-15;1-2/h9,14-16,21H,3-8,10-13H2,1-2H3;1-2H3. The number of carbonyl (C=O) groups excluding carboxylic acids is 1. The third kappa shape index (κ3) is 5.56. The number of nitrogens with one attached hydrogen (secondary N) is 1. The van der Waals surface area contributed by atoms with Gasteiger partial charge in [0, 0.05) is 18.6 Å². The quantitative estimate of drug-likeness (QED) is 0.486. The van der Waals surface area contributed by atoms with Gasteiger partial charge in [-0.15, -0.1) is 11.3 Å². The first-order valence-electron chi connectivity index (χ1n) is 10.7. The molecule has 0 radical (unpaired) electrons. The molecule has 26 heavy (non-hydrogen) atoms. The summed E-state index contributed by atoms with van der Waals surface area (Å²) in [6, 6.07) is 2.56. The molecule has 0 unspecified atom stereocenters. The lowest BCUT2D eigenvalue weighted by atomic mass is 9.79. The van der Waals surface area contributed by atoms with Crippen LogP contribution in [-0.4, -0.2) is 24.0 Å². The molecule has 1 aromatic heterocycles. The van der Waals surface area contributed by atoms with E-state index in [-0.39, 0.29) is 5.60 Å². The van der Waals surface area contributed by atoms with Gasteiger partial charge in [-0.1, -0.05) is 34.1 Å². The highest BCUT2D eigenvalue weighted by Crippen LogP contribution is 2.39. The maximum atomic E-state index is 12.4. The van der Waals surface area contributed by atoms with Crippen LogP contribution in [0.3, 0.4) is 0 Å². The van der Waals surface area contributed by atoms with Gasteiger partial charge < -0.3 is 10.1 Å². The van der Waals surface area contributed by atoms with Gasteiger partial charge in [0.05, 0.1) is 16.2 Å². The predicted molar refractivity (Wildman–Crippen MR) is 112 cm³/mol. The smallest absolute Gasteiger partial charge is 0.177 e. The van der Waals surface area contributed by atoms with E-state index in [9.17, 15) is 4.79 Å². The molecule has 3 nitrogen and oxygen atoms in total. The third-order valence-corrected chi connectivity index (χ3v) is 6.34. The Hall–Kier alpha value is -0.870. The fourth-order valence-electron chi connectivity index (χ4n) is 3.89. The number of carbonyl (C=O) groups is 1. The first kappa shape index (κ1) is 21.4. The molecular formula is C22H37NO2S. The lowest BCUT2D eigenvalue weighted by Gasteiger charge is -2.40. The average Bonchev–Trinajstić information content (AvgIpc) is 3.43. The molecule has 2 saturated carbocycles. The zero-order chi connectivity index (χ0) is 19.0. The lowest BCUT2D eigenvalue weighted by molar-refractivity contribution is -0.0773. The molecule has 1 heterocycles. The lowest BCUT2D eigenvalue weighted by Crippen LogP contribution is -2.41. The summed E-state index contributed by atoms with van der Waals surface area (Å²) in [4.78, 5) is 13.3. The molecule has 2 aliphatic carbocycles. The van der Waals surface area contributed by atoms with E-state index >= 15 is 0 Å². The molecule has 0 bridgehead atoms. The molecule has 0 amide bonds. The summed E-state index contributed by atoms with van der Waals surface area (Å²) < 4.78 is 6.27. The van der Waals surface area contributed by atoms with Gasteiger partial charge in [0.2, 0.25) is 0 Å². The van der Waals surface area contributed by atoms with E-state index in [2.05, 4.69) is 25.2 Å². The van der Waals surface area contributed by atoms with E-state index in [1.165, 1.54) is 12.8 Å². The van der Waals surface area contributed by atoms with Crippen molar-refractivity contribution in [2.75, 3.05) is 11.9 Å². The van der Waals surface area contributed by atoms with E-state index in [0.29, 0.717) is 17.7 Å². The van der Waals surface area contributed by atoms with Crippen LogP contribution in [0.1, 0.15) is 95.2 Å². The van der Waals surface area contributed by atoms with Crippen LogP contribution < -0.4 is 5.32 Å². The number of Topliss-reactive ketones (excluding diaryl/α,β-unsaturated/α-hetero) is 1. The van der Waals surface area contributed by atoms with Gasteiger partial charge in [-0.2, -0.15) is 0 Å². The molecule has 0 spiro atoms. The largest absolute Gasteiger partial charge is 0.381 e. The van der Waals surface area contributed by atoms with E-state index in [0.717, 1.165) is 62.1 Å².